The molecule has 1 radical (unpaired) electrons. The number of hydrogen-bond acceptors (Lipinski definition) is 1. The molecule has 0 fully saturated rings. The van der Waals surface area contributed by atoms with E-state index in [4.69, 9.17) is 0 Å². The van der Waals surface area contributed by atoms with Gasteiger partial charge in [0.15, 0.2) is 0 Å². The average Bonchev–Trinajstić information content (AvgIpc) is 2.46. The molecule has 0 saturated heterocycles. The van der Waals surface area contributed by atoms with E-state index in [1.807, 2.05) is 6.20 Å². The maximum Gasteiger partial charge on any atom is 0.0515 e. The van der Waals surface area contributed by atoms with Crippen molar-refractivity contribution >= 4 is 23.3 Å². The summed E-state index contributed by atoms with van der Waals surface area (Å²) < 4.78 is 0. The Kier molecular flexibility index (Phi) is 3.98. The Bertz CT molecular complexity index is 860. The first-order valence-electron chi connectivity index (χ1n) is 7.28. The maximum atomic E-state index is 4.68. The van der Waals surface area contributed by atoms with Crippen molar-refractivity contribution in [1.82, 2.24) is 4.98 Å². The van der Waals surface area contributed by atoms with Crippen molar-refractivity contribution < 1.29 is 20.1 Å². The standard InChI is InChI=1S/C19H18NP.Ir/c1-21(2,3)17-9-5-8-15-16(17)12-14-7-4-6-13-10-11-20-19(15)18(13)14;/h4-7,9-11H,12H2,1-3H3;. The van der Waals surface area contributed by atoms with Crippen LogP contribution in [0.5, 0.6) is 0 Å². The number of aromatic nitrogens is 1. The number of rotatable bonds is 1. The fourth-order valence-corrected chi connectivity index (χ4v) is 4.89. The van der Waals surface area contributed by atoms with Crippen molar-refractivity contribution in [3.05, 3.63) is 59.8 Å². The molecule has 0 aliphatic heterocycles. The number of hydrogen-bond donors (Lipinski definition) is 0. The zero-order chi connectivity index (χ0) is 14.6. The van der Waals surface area contributed by atoms with E-state index in [-0.39, 0.29) is 20.1 Å². The van der Waals surface area contributed by atoms with Crippen LogP contribution in [0.3, 0.4) is 0 Å². The van der Waals surface area contributed by atoms with Crippen LogP contribution in [0, 0.1) is 6.07 Å². The number of fused-ring (bicyclic) bond motifs is 2. The monoisotopic (exact) mass is 484 g/mol. The predicted molar refractivity (Wildman–Crippen MR) is 93.1 cm³/mol. The Morgan fingerprint density at radius 2 is 1.91 bits per heavy atom. The van der Waals surface area contributed by atoms with Gasteiger partial charge in [-0.1, -0.05) is 29.3 Å². The van der Waals surface area contributed by atoms with Gasteiger partial charge in [-0.3, -0.25) is 0 Å². The van der Waals surface area contributed by atoms with Crippen LogP contribution in [0.15, 0.2) is 42.6 Å². The normalized spacial score (nSPS) is 12.7. The van der Waals surface area contributed by atoms with Crippen molar-refractivity contribution in [1.29, 1.82) is 0 Å². The van der Waals surface area contributed by atoms with E-state index in [1.165, 1.54) is 32.8 Å². The Hall–Kier alpha value is -1.07. The van der Waals surface area contributed by atoms with Gasteiger partial charge >= 0.3 is 0 Å². The van der Waals surface area contributed by atoms with Gasteiger partial charge in [0.05, 0.1) is 20.0 Å². The fourth-order valence-electron chi connectivity index (χ4n) is 3.37. The molecule has 1 nitrogen and oxygen atoms in total. The van der Waals surface area contributed by atoms with Crippen molar-refractivity contribution in [3.63, 3.8) is 0 Å². The number of pyridine rings is 1. The molecule has 0 bridgehead atoms. The summed E-state index contributed by atoms with van der Waals surface area (Å²) >= 11 is 0. The SMILES string of the molecule is C[P+](C)(C)c1cc[c-]c2c1Cc1cccc3ccnc-2c13.[Ir]. The molecule has 4 rings (SSSR count). The van der Waals surface area contributed by atoms with Crippen LogP contribution < -0.4 is 5.30 Å². The summed E-state index contributed by atoms with van der Waals surface area (Å²) in [6.45, 7) is 7.16. The van der Waals surface area contributed by atoms with Gasteiger partial charge in [-0.15, -0.1) is 23.8 Å². The van der Waals surface area contributed by atoms with E-state index < -0.39 is 7.26 Å². The third-order valence-corrected chi connectivity index (χ3v) is 6.15. The second-order valence-corrected chi connectivity index (χ2v) is 11.1. The maximum absolute atomic E-state index is 4.68. The Labute approximate surface area is 145 Å². The summed E-state index contributed by atoms with van der Waals surface area (Å²) in [5.74, 6) is 0. The summed E-state index contributed by atoms with van der Waals surface area (Å²) in [7, 11) is -1.06. The first-order chi connectivity index (χ1) is 10.1. The third kappa shape index (κ3) is 2.35. The number of nitrogens with zero attached hydrogens (tertiary/aromatic N) is 1. The zero-order valence-corrected chi connectivity index (χ0v) is 16.3. The van der Waals surface area contributed by atoms with E-state index >= 15 is 0 Å². The van der Waals surface area contributed by atoms with E-state index in [2.05, 4.69) is 67.4 Å². The minimum atomic E-state index is -1.06. The largest absolute Gasteiger partial charge is 0.304 e. The molecule has 0 N–H and O–H groups in total. The van der Waals surface area contributed by atoms with E-state index in [1.54, 1.807) is 0 Å². The van der Waals surface area contributed by atoms with Crippen LogP contribution >= 0.6 is 7.26 Å². The second kappa shape index (κ2) is 5.53. The van der Waals surface area contributed by atoms with E-state index in [9.17, 15) is 0 Å². The molecule has 3 aromatic rings. The van der Waals surface area contributed by atoms with Gasteiger partial charge in [-0.25, -0.2) is 0 Å². The minimum absolute atomic E-state index is 0. The quantitative estimate of drug-likeness (QED) is 0.293. The van der Waals surface area contributed by atoms with E-state index in [0.29, 0.717) is 0 Å². The van der Waals surface area contributed by atoms with Gasteiger partial charge in [0, 0.05) is 38.9 Å². The van der Waals surface area contributed by atoms with Gasteiger partial charge in [0.1, 0.15) is 0 Å². The number of benzene rings is 2. The molecule has 1 aromatic heterocycles. The van der Waals surface area contributed by atoms with Gasteiger partial charge in [-0.2, -0.15) is 0 Å². The first-order valence-corrected chi connectivity index (χ1v) is 10.4. The molecular weight excluding hydrogens is 465 g/mol. The topological polar surface area (TPSA) is 12.9 Å². The first kappa shape index (κ1) is 15.8. The van der Waals surface area contributed by atoms with Crippen LogP contribution in [0.25, 0.3) is 22.0 Å². The third-order valence-electron chi connectivity index (χ3n) is 4.28. The molecule has 1 heterocycles. The average molecular weight is 484 g/mol. The van der Waals surface area contributed by atoms with Crippen molar-refractivity contribution in [2.75, 3.05) is 20.0 Å². The zero-order valence-electron chi connectivity index (χ0n) is 13.0. The Morgan fingerprint density at radius 1 is 1.09 bits per heavy atom. The molecule has 0 unspecified atom stereocenters. The predicted octanol–water partition coefficient (Wildman–Crippen LogP) is 4.14. The van der Waals surface area contributed by atoms with E-state index in [0.717, 1.165) is 12.1 Å². The van der Waals surface area contributed by atoms with Crippen molar-refractivity contribution in [2.45, 2.75) is 6.42 Å². The summed E-state index contributed by atoms with van der Waals surface area (Å²) in [6, 6.07) is 16.5. The van der Waals surface area contributed by atoms with Crippen LogP contribution in [0.2, 0.25) is 0 Å². The van der Waals surface area contributed by atoms with Crippen LogP contribution in [0.4, 0.5) is 0 Å². The molecule has 22 heavy (non-hydrogen) atoms. The molecule has 0 spiro atoms. The van der Waals surface area contributed by atoms with Gasteiger partial charge in [0.2, 0.25) is 0 Å². The molecule has 2 aromatic carbocycles. The molecule has 113 valence electrons. The molecule has 1 aliphatic carbocycles. The van der Waals surface area contributed by atoms with Crippen LogP contribution in [-0.4, -0.2) is 25.0 Å². The summed E-state index contributed by atoms with van der Waals surface area (Å²) in [5.41, 5.74) is 5.17. The molecule has 3 heteroatoms. The van der Waals surface area contributed by atoms with Crippen molar-refractivity contribution in [3.8, 4) is 11.3 Å². The smallest absolute Gasteiger partial charge is 0.0515 e. The molecular formula is C19H18IrNP. The Morgan fingerprint density at radius 3 is 2.68 bits per heavy atom. The molecule has 1 aliphatic rings. The summed E-state index contributed by atoms with van der Waals surface area (Å²) in [4.78, 5) is 4.68. The Balaban J connectivity index is 0.00000144. The van der Waals surface area contributed by atoms with Gasteiger partial charge in [0.25, 0.3) is 0 Å². The fraction of sp³-hybridized carbons (Fsp3) is 0.211. The minimum Gasteiger partial charge on any atom is -0.304 e. The second-order valence-electron chi connectivity index (χ2n) is 6.58. The molecule has 0 saturated carbocycles. The molecule has 0 atom stereocenters. The summed E-state index contributed by atoms with van der Waals surface area (Å²) in [5, 5.41) is 4.12. The van der Waals surface area contributed by atoms with Crippen molar-refractivity contribution in [2.24, 2.45) is 0 Å². The van der Waals surface area contributed by atoms with Crippen LogP contribution in [0.1, 0.15) is 11.1 Å². The molecule has 0 amide bonds. The van der Waals surface area contributed by atoms with Gasteiger partial charge in [-0.05, 0) is 29.0 Å². The van der Waals surface area contributed by atoms with Gasteiger partial charge < -0.3 is 4.98 Å². The van der Waals surface area contributed by atoms with Crippen LogP contribution in [-0.2, 0) is 26.5 Å². The summed E-state index contributed by atoms with van der Waals surface area (Å²) in [6.07, 6.45) is 2.93.